The van der Waals surface area contributed by atoms with Crippen LogP contribution in [0, 0.1) is 6.92 Å². The van der Waals surface area contributed by atoms with Crippen molar-refractivity contribution in [2.75, 3.05) is 0 Å². The Balaban J connectivity index is 1.69. The zero-order valence-electron chi connectivity index (χ0n) is 13.1. The van der Waals surface area contributed by atoms with Crippen molar-refractivity contribution < 1.29 is 4.52 Å². The molecule has 4 rings (SSSR count). The second-order valence-corrected chi connectivity index (χ2v) is 5.75. The van der Waals surface area contributed by atoms with E-state index in [2.05, 4.69) is 10.1 Å². The minimum atomic E-state index is -0.0760. The highest BCUT2D eigenvalue weighted by molar-refractivity contribution is 5.77. The van der Waals surface area contributed by atoms with Crippen LogP contribution >= 0.6 is 0 Å². The van der Waals surface area contributed by atoms with Gasteiger partial charge in [0.05, 0.1) is 23.8 Å². The Labute approximate surface area is 138 Å². The maximum Gasteiger partial charge on any atom is 0.261 e. The predicted octanol–water partition coefficient (Wildman–Crippen LogP) is 3.41. The van der Waals surface area contributed by atoms with E-state index in [1.54, 1.807) is 10.9 Å². The summed E-state index contributed by atoms with van der Waals surface area (Å²) in [5.74, 6) is 0.684. The van der Waals surface area contributed by atoms with Crippen LogP contribution in [0.2, 0.25) is 0 Å². The van der Waals surface area contributed by atoms with Gasteiger partial charge in [0.25, 0.3) is 5.56 Å². The smallest absolute Gasteiger partial charge is 0.261 e. The lowest BCUT2D eigenvalue weighted by molar-refractivity contribution is 0.420. The van der Waals surface area contributed by atoms with E-state index in [4.69, 9.17) is 4.52 Å². The van der Waals surface area contributed by atoms with Gasteiger partial charge in [0.15, 0.2) is 5.76 Å². The molecule has 0 aliphatic heterocycles. The SMILES string of the molecule is Cc1ccc2ncn(Cc3cc(-c4ccccc4)on3)c(=O)c2c1. The summed E-state index contributed by atoms with van der Waals surface area (Å²) in [5, 5.41) is 4.68. The Hall–Kier alpha value is -3.21. The highest BCUT2D eigenvalue weighted by Crippen LogP contribution is 2.20. The Kier molecular flexibility index (Phi) is 3.46. The highest BCUT2D eigenvalue weighted by atomic mass is 16.5. The van der Waals surface area contributed by atoms with E-state index in [0.29, 0.717) is 28.9 Å². The van der Waals surface area contributed by atoms with Crippen LogP contribution in [0.4, 0.5) is 0 Å². The van der Waals surface area contributed by atoms with Gasteiger partial charge in [-0.05, 0) is 19.1 Å². The van der Waals surface area contributed by atoms with Crippen molar-refractivity contribution in [3.8, 4) is 11.3 Å². The van der Waals surface area contributed by atoms with Gasteiger partial charge in [0.2, 0.25) is 0 Å². The van der Waals surface area contributed by atoms with E-state index in [1.165, 1.54) is 0 Å². The molecule has 0 saturated heterocycles. The summed E-state index contributed by atoms with van der Waals surface area (Å²) in [5.41, 5.74) is 3.30. The van der Waals surface area contributed by atoms with Gasteiger partial charge in [-0.2, -0.15) is 0 Å². The maximum absolute atomic E-state index is 12.6. The quantitative estimate of drug-likeness (QED) is 0.581. The lowest BCUT2D eigenvalue weighted by Gasteiger charge is -2.04. The van der Waals surface area contributed by atoms with Crippen molar-refractivity contribution >= 4 is 10.9 Å². The van der Waals surface area contributed by atoms with Gasteiger partial charge < -0.3 is 4.52 Å². The van der Waals surface area contributed by atoms with Crippen molar-refractivity contribution in [1.29, 1.82) is 0 Å². The van der Waals surface area contributed by atoms with Gasteiger partial charge in [-0.15, -0.1) is 0 Å². The zero-order valence-corrected chi connectivity index (χ0v) is 13.1. The van der Waals surface area contributed by atoms with Crippen LogP contribution in [-0.2, 0) is 6.54 Å². The second-order valence-electron chi connectivity index (χ2n) is 5.75. The van der Waals surface area contributed by atoms with Gasteiger partial charge in [-0.25, -0.2) is 4.98 Å². The van der Waals surface area contributed by atoms with Crippen LogP contribution in [0.15, 0.2) is 70.2 Å². The van der Waals surface area contributed by atoms with Crippen LogP contribution in [0.25, 0.3) is 22.2 Å². The summed E-state index contributed by atoms with van der Waals surface area (Å²) in [6.45, 7) is 2.28. The molecule has 0 unspecified atom stereocenters. The van der Waals surface area contributed by atoms with Crippen molar-refractivity contribution in [2.45, 2.75) is 13.5 Å². The molecule has 24 heavy (non-hydrogen) atoms. The number of aryl methyl sites for hydroxylation is 1. The molecule has 0 aliphatic rings. The third kappa shape index (κ3) is 2.60. The van der Waals surface area contributed by atoms with E-state index in [0.717, 1.165) is 11.1 Å². The number of nitrogens with zero attached hydrogens (tertiary/aromatic N) is 3. The Morgan fingerprint density at radius 1 is 1.08 bits per heavy atom. The summed E-state index contributed by atoms with van der Waals surface area (Å²) in [7, 11) is 0. The first-order chi connectivity index (χ1) is 11.7. The normalized spacial score (nSPS) is 11.0. The average Bonchev–Trinajstić information content (AvgIpc) is 3.07. The average molecular weight is 317 g/mol. The van der Waals surface area contributed by atoms with Crippen LogP contribution < -0.4 is 5.56 Å². The van der Waals surface area contributed by atoms with Crippen LogP contribution in [0.3, 0.4) is 0 Å². The summed E-state index contributed by atoms with van der Waals surface area (Å²) in [4.78, 5) is 17.0. The van der Waals surface area contributed by atoms with Crippen molar-refractivity contribution in [3.63, 3.8) is 0 Å². The first-order valence-electron chi connectivity index (χ1n) is 7.67. The van der Waals surface area contributed by atoms with Gasteiger partial charge in [-0.1, -0.05) is 47.1 Å². The first kappa shape index (κ1) is 14.4. The van der Waals surface area contributed by atoms with E-state index in [9.17, 15) is 4.79 Å². The predicted molar refractivity (Wildman–Crippen MR) is 91.8 cm³/mol. The largest absolute Gasteiger partial charge is 0.356 e. The lowest BCUT2D eigenvalue weighted by atomic mass is 10.1. The summed E-state index contributed by atoms with van der Waals surface area (Å²) < 4.78 is 6.93. The number of rotatable bonds is 3. The fourth-order valence-corrected chi connectivity index (χ4v) is 2.68. The molecule has 0 radical (unpaired) electrons. The fourth-order valence-electron chi connectivity index (χ4n) is 2.68. The molecule has 118 valence electrons. The van der Waals surface area contributed by atoms with Crippen molar-refractivity contribution in [2.24, 2.45) is 0 Å². The lowest BCUT2D eigenvalue weighted by Crippen LogP contribution is -2.21. The van der Waals surface area contributed by atoms with Crippen molar-refractivity contribution in [3.05, 3.63) is 82.5 Å². The third-order valence-corrected chi connectivity index (χ3v) is 3.93. The Morgan fingerprint density at radius 3 is 2.75 bits per heavy atom. The number of benzene rings is 2. The summed E-state index contributed by atoms with van der Waals surface area (Å²) in [6.07, 6.45) is 1.55. The molecule has 4 aromatic rings. The molecule has 0 spiro atoms. The molecular formula is C19H15N3O2. The maximum atomic E-state index is 12.6. The van der Waals surface area contributed by atoms with E-state index in [-0.39, 0.29) is 5.56 Å². The topological polar surface area (TPSA) is 60.9 Å². The molecule has 0 N–H and O–H groups in total. The molecule has 0 fully saturated rings. The number of hydrogen-bond donors (Lipinski definition) is 0. The number of aromatic nitrogens is 3. The van der Waals surface area contributed by atoms with Gasteiger partial charge in [0, 0.05) is 11.6 Å². The molecule has 2 aromatic carbocycles. The van der Waals surface area contributed by atoms with Crippen LogP contribution in [0.5, 0.6) is 0 Å². The first-order valence-corrected chi connectivity index (χ1v) is 7.67. The second kappa shape index (κ2) is 5.77. The summed E-state index contributed by atoms with van der Waals surface area (Å²) >= 11 is 0. The summed E-state index contributed by atoms with van der Waals surface area (Å²) in [6, 6.07) is 17.3. The molecule has 2 heterocycles. The third-order valence-electron chi connectivity index (χ3n) is 3.93. The monoisotopic (exact) mass is 317 g/mol. The van der Waals surface area contributed by atoms with Crippen molar-refractivity contribution in [1.82, 2.24) is 14.7 Å². The molecule has 0 bridgehead atoms. The van der Waals surface area contributed by atoms with Gasteiger partial charge >= 0.3 is 0 Å². The van der Waals surface area contributed by atoms with Crippen LogP contribution in [0.1, 0.15) is 11.3 Å². The molecule has 0 amide bonds. The highest BCUT2D eigenvalue weighted by Gasteiger charge is 2.09. The fraction of sp³-hybridized carbons (Fsp3) is 0.105. The zero-order chi connectivity index (χ0) is 16.5. The van der Waals surface area contributed by atoms with Crippen LogP contribution in [-0.4, -0.2) is 14.7 Å². The molecule has 5 nitrogen and oxygen atoms in total. The molecule has 0 atom stereocenters. The van der Waals surface area contributed by atoms with Gasteiger partial charge in [-0.3, -0.25) is 9.36 Å². The molecule has 5 heteroatoms. The van der Waals surface area contributed by atoms with E-state index < -0.39 is 0 Å². The minimum Gasteiger partial charge on any atom is -0.356 e. The molecule has 0 saturated carbocycles. The molecule has 2 aromatic heterocycles. The Morgan fingerprint density at radius 2 is 1.92 bits per heavy atom. The van der Waals surface area contributed by atoms with Gasteiger partial charge in [0.1, 0.15) is 5.69 Å². The minimum absolute atomic E-state index is 0.0760. The Bertz CT molecular complexity index is 1060. The van der Waals surface area contributed by atoms with E-state index >= 15 is 0 Å². The standard InChI is InChI=1S/C19H15N3O2/c1-13-7-8-17-16(9-13)19(23)22(12-20-17)11-15-10-18(24-21-15)14-5-3-2-4-6-14/h2-10,12H,11H2,1H3. The molecule has 0 aliphatic carbocycles. The molecular weight excluding hydrogens is 302 g/mol. The number of hydrogen-bond acceptors (Lipinski definition) is 4. The number of fused-ring (bicyclic) bond motifs is 1. The van der Waals surface area contributed by atoms with E-state index in [1.807, 2.05) is 61.5 Å².